The molecule has 1 aliphatic rings. The highest BCUT2D eigenvalue weighted by Crippen LogP contribution is 2.29. The Labute approximate surface area is 101 Å². The minimum atomic E-state index is -0.405. The molecule has 0 bridgehead atoms. The number of rotatable bonds is 2. The highest BCUT2D eigenvalue weighted by molar-refractivity contribution is 6.05. The average Bonchev–Trinajstić information content (AvgIpc) is 2.54. The van der Waals surface area contributed by atoms with Crippen LogP contribution < -0.4 is 4.90 Å². The van der Waals surface area contributed by atoms with E-state index in [2.05, 4.69) is 0 Å². The third-order valence-corrected chi connectivity index (χ3v) is 3.06. The van der Waals surface area contributed by atoms with Crippen molar-refractivity contribution in [1.29, 1.82) is 0 Å². The lowest BCUT2D eigenvalue weighted by atomic mass is 9.90. The maximum atomic E-state index is 12.0. The second kappa shape index (κ2) is 3.99. The van der Waals surface area contributed by atoms with Crippen LogP contribution in [0, 0.1) is 5.41 Å². The summed E-state index contributed by atoms with van der Waals surface area (Å²) in [5.74, 6) is 0.103. The lowest BCUT2D eigenvalue weighted by Gasteiger charge is -2.22. The van der Waals surface area contributed by atoms with E-state index < -0.39 is 5.41 Å². The Hall–Kier alpha value is -1.64. The van der Waals surface area contributed by atoms with Gasteiger partial charge >= 0.3 is 0 Å². The summed E-state index contributed by atoms with van der Waals surface area (Å²) in [5, 5.41) is 0. The van der Waals surface area contributed by atoms with Crippen LogP contribution in [-0.4, -0.2) is 18.2 Å². The molecule has 0 aromatic heterocycles. The first kappa shape index (κ1) is 11.8. The Kier molecular flexibility index (Phi) is 2.77. The molecule has 0 saturated heterocycles. The molecule has 1 heterocycles. The van der Waals surface area contributed by atoms with E-state index in [1.807, 2.05) is 45.0 Å². The number of anilines is 1. The van der Waals surface area contributed by atoms with E-state index in [1.54, 1.807) is 4.90 Å². The number of hydrogen-bond acceptors (Lipinski definition) is 2. The number of amides is 1. The van der Waals surface area contributed by atoms with Gasteiger partial charge in [0.05, 0.1) is 13.0 Å². The SMILES string of the molecule is CC(C)(C)C(=O)CN1C(=O)Cc2ccccc21. The van der Waals surface area contributed by atoms with Gasteiger partial charge in [-0.15, -0.1) is 0 Å². The summed E-state index contributed by atoms with van der Waals surface area (Å²) in [6, 6.07) is 7.65. The van der Waals surface area contributed by atoms with Gasteiger partial charge < -0.3 is 4.90 Å². The van der Waals surface area contributed by atoms with Crippen molar-refractivity contribution >= 4 is 17.4 Å². The van der Waals surface area contributed by atoms with E-state index in [1.165, 1.54) is 0 Å². The summed E-state index contributed by atoms with van der Waals surface area (Å²) in [6.45, 7) is 5.81. The molecule has 1 aromatic rings. The van der Waals surface area contributed by atoms with Gasteiger partial charge in [-0.25, -0.2) is 0 Å². The van der Waals surface area contributed by atoms with E-state index in [-0.39, 0.29) is 18.2 Å². The standard InChI is InChI=1S/C14H17NO2/c1-14(2,3)12(16)9-15-11-7-5-4-6-10(11)8-13(15)17/h4-7H,8-9H2,1-3H3. The van der Waals surface area contributed by atoms with E-state index in [4.69, 9.17) is 0 Å². The van der Waals surface area contributed by atoms with Gasteiger partial charge in [-0.05, 0) is 11.6 Å². The van der Waals surface area contributed by atoms with Crippen LogP contribution in [0.15, 0.2) is 24.3 Å². The number of ketones is 1. The Morgan fingerprint density at radius 1 is 1.29 bits per heavy atom. The zero-order valence-corrected chi connectivity index (χ0v) is 10.5. The van der Waals surface area contributed by atoms with Crippen molar-refractivity contribution in [2.24, 2.45) is 5.41 Å². The first-order valence-electron chi connectivity index (χ1n) is 5.81. The monoisotopic (exact) mass is 231 g/mol. The van der Waals surface area contributed by atoms with Crippen molar-refractivity contribution in [2.75, 3.05) is 11.4 Å². The summed E-state index contributed by atoms with van der Waals surface area (Å²) in [5.41, 5.74) is 1.49. The van der Waals surface area contributed by atoms with Gasteiger partial charge in [0.25, 0.3) is 0 Å². The molecular formula is C14H17NO2. The minimum Gasteiger partial charge on any atom is -0.304 e. The second-order valence-electron chi connectivity index (χ2n) is 5.46. The first-order chi connectivity index (χ1) is 7.89. The fourth-order valence-corrected chi connectivity index (χ4v) is 1.87. The first-order valence-corrected chi connectivity index (χ1v) is 5.81. The van der Waals surface area contributed by atoms with Crippen LogP contribution in [0.5, 0.6) is 0 Å². The lowest BCUT2D eigenvalue weighted by Crippen LogP contribution is -2.37. The Morgan fingerprint density at radius 2 is 1.94 bits per heavy atom. The van der Waals surface area contributed by atoms with Gasteiger partial charge in [0.2, 0.25) is 5.91 Å². The van der Waals surface area contributed by atoms with Gasteiger partial charge in [0.1, 0.15) is 0 Å². The molecule has 0 N–H and O–H groups in total. The number of carbonyl (C=O) groups excluding carboxylic acids is 2. The molecule has 0 saturated carbocycles. The molecule has 17 heavy (non-hydrogen) atoms. The number of nitrogens with zero attached hydrogens (tertiary/aromatic N) is 1. The molecule has 1 aromatic carbocycles. The van der Waals surface area contributed by atoms with E-state index in [9.17, 15) is 9.59 Å². The zero-order valence-electron chi connectivity index (χ0n) is 10.5. The van der Waals surface area contributed by atoms with Gasteiger partial charge in [-0.2, -0.15) is 0 Å². The fourth-order valence-electron chi connectivity index (χ4n) is 1.87. The van der Waals surface area contributed by atoms with Crippen LogP contribution in [0.25, 0.3) is 0 Å². The lowest BCUT2D eigenvalue weighted by molar-refractivity contribution is -0.127. The topological polar surface area (TPSA) is 37.4 Å². The maximum Gasteiger partial charge on any atom is 0.231 e. The van der Waals surface area contributed by atoms with Gasteiger partial charge in [-0.3, -0.25) is 9.59 Å². The van der Waals surface area contributed by atoms with Crippen LogP contribution in [0.1, 0.15) is 26.3 Å². The molecule has 0 fully saturated rings. The molecule has 0 unspecified atom stereocenters. The smallest absolute Gasteiger partial charge is 0.231 e. The summed E-state index contributed by atoms with van der Waals surface area (Å²) < 4.78 is 0. The Balaban J connectivity index is 2.23. The molecule has 2 rings (SSSR count). The number of fused-ring (bicyclic) bond motifs is 1. The van der Waals surface area contributed by atoms with E-state index in [0.717, 1.165) is 11.3 Å². The summed E-state index contributed by atoms with van der Waals surface area (Å²) >= 11 is 0. The molecular weight excluding hydrogens is 214 g/mol. The van der Waals surface area contributed by atoms with E-state index in [0.29, 0.717) is 6.42 Å². The van der Waals surface area contributed by atoms with Crippen molar-refractivity contribution in [3.8, 4) is 0 Å². The number of carbonyl (C=O) groups is 2. The molecule has 1 amide bonds. The van der Waals surface area contributed by atoms with Crippen molar-refractivity contribution in [3.63, 3.8) is 0 Å². The third kappa shape index (κ3) is 2.23. The Morgan fingerprint density at radius 3 is 2.59 bits per heavy atom. The van der Waals surface area contributed by atoms with Gasteiger partial charge in [-0.1, -0.05) is 39.0 Å². The highest BCUT2D eigenvalue weighted by Gasteiger charge is 2.31. The summed E-state index contributed by atoms with van der Waals surface area (Å²) in [6.07, 6.45) is 0.410. The molecule has 90 valence electrons. The molecule has 0 radical (unpaired) electrons. The molecule has 0 aliphatic carbocycles. The van der Waals surface area contributed by atoms with Crippen molar-refractivity contribution in [3.05, 3.63) is 29.8 Å². The predicted octanol–water partition coefficient (Wildman–Crippen LogP) is 2.19. The highest BCUT2D eigenvalue weighted by atomic mass is 16.2. The van der Waals surface area contributed by atoms with Crippen LogP contribution >= 0.6 is 0 Å². The number of para-hydroxylation sites is 1. The van der Waals surface area contributed by atoms with Gasteiger partial charge in [0.15, 0.2) is 5.78 Å². The van der Waals surface area contributed by atoms with Crippen molar-refractivity contribution < 1.29 is 9.59 Å². The average molecular weight is 231 g/mol. The molecule has 3 heteroatoms. The minimum absolute atomic E-state index is 0.0174. The fraction of sp³-hybridized carbons (Fsp3) is 0.429. The molecule has 0 spiro atoms. The van der Waals surface area contributed by atoms with E-state index >= 15 is 0 Å². The van der Waals surface area contributed by atoms with Crippen LogP contribution in [0.4, 0.5) is 5.69 Å². The van der Waals surface area contributed by atoms with Crippen LogP contribution in [0.2, 0.25) is 0 Å². The van der Waals surface area contributed by atoms with Crippen LogP contribution in [0.3, 0.4) is 0 Å². The van der Waals surface area contributed by atoms with Crippen molar-refractivity contribution in [2.45, 2.75) is 27.2 Å². The van der Waals surface area contributed by atoms with Crippen molar-refractivity contribution in [1.82, 2.24) is 0 Å². The summed E-state index contributed by atoms with van der Waals surface area (Å²) in [4.78, 5) is 25.4. The largest absolute Gasteiger partial charge is 0.304 e. The second-order valence-corrected chi connectivity index (χ2v) is 5.46. The number of benzene rings is 1. The predicted molar refractivity (Wildman–Crippen MR) is 67.0 cm³/mol. The zero-order chi connectivity index (χ0) is 12.6. The Bertz CT molecular complexity index is 471. The maximum absolute atomic E-state index is 12.0. The quantitative estimate of drug-likeness (QED) is 0.782. The number of hydrogen-bond donors (Lipinski definition) is 0. The normalized spacial score (nSPS) is 15.0. The third-order valence-electron chi connectivity index (χ3n) is 3.06. The molecule has 1 aliphatic heterocycles. The number of Topliss-reactive ketones (excluding diaryl/α,β-unsaturated/α-hetero) is 1. The van der Waals surface area contributed by atoms with Gasteiger partial charge in [0, 0.05) is 11.1 Å². The summed E-state index contributed by atoms with van der Waals surface area (Å²) in [7, 11) is 0. The molecule has 3 nitrogen and oxygen atoms in total. The molecule has 0 atom stereocenters. The van der Waals surface area contributed by atoms with Crippen LogP contribution in [-0.2, 0) is 16.0 Å².